The number of hydrogen-bond acceptors (Lipinski definition) is 4. The maximum absolute atomic E-state index is 12.1. The summed E-state index contributed by atoms with van der Waals surface area (Å²) in [6.07, 6.45) is 0. The third-order valence-corrected chi connectivity index (χ3v) is 4.07. The van der Waals surface area contributed by atoms with Crippen LogP contribution < -0.4 is 16.0 Å². The molecule has 2 amide bonds. The van der Waals surface area contributed by atoms with Crippen LogP contribution in [0.5, 0.6) is 0 Å². The molecule has 0 aromatic heterocycles. The van der Waals surface area contributed by atoms with Gasteiger partial charge in [0.2, 0.25) is 5.91 Å². The highest BCUT2D eigenvalue weighted by Gasteiger charge is 2.23. The Hall–Kier alpha value is -1.53. The van der Waals surface area contributed by atoms with E-state index in [2.05, 4.69) is 16.0 Å². The molecule has 3 N–H and O–H groups in total. The largest absolute Gasteiger partial charge is 0.352 e. The van der Waals surface area contributed by atoms with E-state index < -0.39 is 0 Å². The fourth-order valence-electron chi connectivity index (χ4n) is 1.94. The van der Waals surface area contributed by atoms with Crippen LogP contribution in [0, 0.1) is 6.92 Å². The van der Waals surface area contributed by atoms with Gasteiger partial charge in [0, 0.05) is 29.4 Å². The summed E-state index contributed by atoms with van der Waals surface area (Å²) in [6.45, 7) is 4.36. The number of hydrogen-bond donors (Lipinski definition) is 3. The van der Waals surface area contributed by atoms with Gasteiger partial charge in [0.1, 0.15) is 0 Å². The first kappa shape index (κ1) is 14.9. The summed E-state index contributed by atoms with van der Waals surface area (Å²) in [5.41, 5.74) is 2.19. The van der Waals surface area contributed by atoms with Crippen LogP contribution in [-0.4, -0.2) is 36.0 Å². The minimum Gasteiger partial charge on any atom is -0.352 e. The molecule has 1 unspecified atom stereocenters. The van der Waals surface area contributed by atoms with Gasteiger partial charge < -0.3 is 10.6 Å². The monoisotopic (exact) mass is 293 g/mol. The van der Waals surface area contributed by atoms with Crippen molar-refractivity contribution in [2.24, 2.45) is 0 Å². The highest BCUT2D eigenvalue weighted by atomic mass is 32.2. The maximum atomic E-state index is 12.1. The molecule has 1 aromatic carbocycles. The Morgan fingerprint density at radius 2 is 2.25 bits per heavy atom. The van der Waals surface area contributed by atoms with Gasteiger partial charge in [-0.05, 0) is 31.5 Å². The molecule has 0 spiro atoms. The van der Waals surface area contributed by atoms with Gasteiger partial charge in [-0.25, -0.2) is 0 Å². The Morgan fingerprint density at radius 1 is 1.45 bits per heavy atom. The van der Waals surface area contributed by atoms with Crippen LogP contribution in [0.1, 0.15) is 22.8 Å². The Bertz CT molecular complexity index is 513. The van der Waals surface area contributed by atoms with Gasteiger partial charge in [-0.2, -0.15) is 0 Å². The summed E-state index contributed by atoms with van der Waals surface area (Å²) < 4.78 is 0. The molecule has 20 heavy (non-hydrogen) atoms. The SMILES string of the molecule is CCNC(=O)c1ccc(C)c(NC(=O)C2CSCN2)c1. The second kappa shape index (κ2) is 6.76. The summed E-state index contributed by atoms with van der Waals surface area (Å²) in [7, 11) is 0. The summed E-state index contributed by atoms with van der Waals surface area (Å²) in [5, 5.41) is 8.77. The number of rotatable bonds is 4. The van der Waals surface area contributed by atoms with Crippen LogP contribution in [-0.2, 0) is 4.79 Å². The third-order valence-electron chi connectivity index (χ3n) is 3.13. The zero-order valence-corrected chi connectivity index (χ0v) is 12.5. The van der Waals surface area contributed by atoms with Crippen molar-refractivity contribution in [2.75, 3.05) is 23.5 Å². The minimum absolute atomic E-state index is 0.0499. The van der Waals surface area contributed by atoms with Crippen molar-refractivity contribution >= 4 is 29.3 Å². The van der Waals surface area contributed by atoms with E-state index in [1.165, 1.54) is 0 Å². The van der Waals surface area contributed by atoms with Crippen molar-refractivity contribution in [3.05, 3.63) is 29.3 Å². The molecule has 1 atom stereocenters. The molecule has 1 aliphatic rings. The first-order valence-electron chi connectivity index (χ1n) is 6.62. The molecule has 5 nitrogen and oxygen atoms in total. The highest BCUT2D eigenvalue weighted by Crippen LogP contribution is 2.18. The van der Waals surface area contributed by atoms with Crippen molar-refractivity contribution in [3.63, 3.8) is 0 Å². The number of anilines is 1. The normalized spacial score (nSPS) is 17.8. The van der Waals surface area contributed by atoms with Crippen molar-refractivity contribution in [1.29, 1.82) is 0 Å². The number of carbonyl (C=O) groups excluding carboxylic acids is 2. The number of benzene rings is 1. The number of carbonyl (C=O) groups is 2. The van der Waals surface area contributed by atoms with Crippen molar-refractivity contribution in [3.8, 4) is 0 Å². The maximum Gasteiger partial charge on any atom is 0.251 e. The molecular formula is C14H19N3O2S. The lowest BCUT2D eigenvalue weighted by Gasteiger charge is -2.13. The molecule has 1 heterocycles. The highest BCUT2D eigenvalue weighted by molar-refractivity contribution is 7.99. The Balaban J connectivity index is 2.11. The van der Waals surface area contributed by atoms with E-state index in [1.807, 2.05) is 19.9 Å². The van der Waals surface area contributed by atoms with Crippen LogP contribution in [0.3, 0.4) is 0 Å². The zero-order valence-electron chi connectivity index (χ0n) is 11.7. The molecule has 0 radical (unpaired) electrons. The summed E-state index contributed by atoms with van der Waals surface area (Å²) >= 11 is 1.70. The lowest BCUT2D eigenvalue weighted by atomic mass is 10.1. The number of thioether (sulfide) groups is 1. The van der Waals surface area contributed by atoms with E-state index >= 15 is 0 Å². The molecule has 108 valence electrons. The fraction of sp³-hybridized carbons (Fsp3) is 0.429. The average molecular weight is 293 g/mol. The lowest BCUT2D eigenvalue weighted by molar-refractivity contribution is -0.117. The smallest absolute Gasteiger partial charge is 0.251 e. The zero-order chi connectivity index (χ0) is 14.5. The summed E-state index contributed by atoms with van der Waals surface area (Å²) in [6, 6.07) is 5.17. The van der Waals surface area contributed by atoms with E-state index in [4.69, 9.17) is 0 Å². The third kappa shape index (κ3) is 3.52. The second-order valence-corrected chi connectivity index (χ2v) is 5.68. The van der Waals surface area contributed by atoms with Gasteiger partial charge in [-0.15, -0.1) is 11.8 Å². The van der Waals surface area contributed by atoms with E-state index in [9.17, 15) is 9.59 Å². The molecule has 1 saturated heterocycles. The van der Waals surface area contributed by atoms with E-state index in [1.54, 1.807) is 23.9 Å². The molecule has 1 fully saturated rings. The molecule has 6 heteroatoms. The predicted molar refractivity (Wildman–Crippen MR) is 82.1 cm³/mol. The molecule has 0 saturated carbocycles. The topological polar surface area (TPSA) is 70.2 Å². The molecule has 0 bridgehead atoms. The lowest BCUT2D eigenvalue weighted by Crippen LogP contribution is -2.37. The van der Waals surface area contributed by atoms with Gasteiger partial charge in [0.15, 0.2) is 0 Å². The first-order chi connectivity index (χ1) is 9.61. The van der Waals surface area contributed by atoms with E-state index in [0.29, 0.717) is 17.8 Å². The second-order valence-electron chi connectivity index (χ2n) is 4.65. The number of nitrogens with one attached hydrogen (secondary N) is 3. The van der Waals surface area contributed by atoms with Crippen LogP contribution in [0.4, 0.5) is 5.69 Å². The summed E-state index contributed by atoms with van der Waals surface area (Å²) in [4.78, 5) is 23.9. The van der Waals surface area contributed by atoms with Crippen molar-refractivity contribution in [2.45, 2.75) is 19.9 Å². The Labute approximate surface area is 122 Å². The number of amides is 2. The van der Waals surface area contributed by atoms with Gasteiger partial charge in [-0.3, -0.25) is 14.9 Å². The summed E-state index contributed by atoms with van der Waals surface area (Å²) in [5.74, 6) is 1.40. The van der Waals surface area contributed by atoms with Crippen molar-refractivity contribution < 1.29 is 9.59 Å². The van der Waals surface area contributed by atoms with Gasteiger partial charge in [-0.1, -0.05) is 6.07 Å². The van der Waals surface area contributed by atoms with Gasteiger partial charge >= 0.3 is 0 Å². The molecule has 2 rings (SSSR count). The van der Waals surface area contributed by atoms with Crippen LogP contribution in [0.25, 0.3) is 0 Å². The van der Waals surface area contributed by atoms with Gasteiger partial charge in [0.25, 0.3) is 5.91 Å². The standard InChI is InChI=1S/C14H19N3O2S/c1-3-15-13(18)10-5-4-9(2)11(6-10)17-14(19)12-7-20-8-16-12/h4-6,12,16H,3,7-8H2,1-2H3,(H,15,18)(H,17,19). The van der Waals surface area contributed by atoms with Crippen LogP contribution >= 0.6 is 11.8 Å². The average Bonchev–Trinajstić information content (AvgIpc) is 2.95. The van der Waals surface area contributed by atoms with Crippen molar-refractivity contribution in [1.82, 2.24) is 10.6 Å². The predicted octanol–water partition coefficient (Wildman–Crippen LogP) is 1.35. The first-order valence-corrected chi connectivity index (χ1v) is 7.78. The quantitative estimate of drug-likeness (QED) is 0.783. The molecule has 1 aliphatic heterocycles. The van der Waals surface area contributed by atoms with E-state index in [0.717, 1.165) is 17.2 Å². The van der Waals surface area contributed by atoms with Crippen LogP contribution in [0.15, 0.2) is 18.2 Å². The number of aryl methyl sites for hydroxylation is 1. The molecule has 1 aromatic rings. The van der Waals surface area contributed by atoms with E-state index in [-0.39, 0.29) is 17.9 Å². The Morgan fingerprint density at radius 3 is 2.90 bits per heavy atom. The van der Waals surface area contributed by atoms with Gasteiger partial charge in [0.05, 0.1) is 6.04 Å². The molecular weight excluding hydrogens is 274 g/mol. The minimum atomic E-state index is -0.160. The Kier molecular flexibility index (Phi) is 5.03. The van der Waals surface area contributed by atoms with Crippen LogP contribution in [0.2, 0.25) is 0 Å². The fourth-order valence-corrected chi connectivity index (χ4v) is 2.89. The molecule has 0 aliphatic carbocycles.